The number of nitrogens with one attached hydrogen (secondary N) is 2. The molecule has 1 heterocycles. The molecule has 0 spiro atoms. The van der Waals surface area contributed by atoms with Crippen LogP contribution in [0.1, 0.15) is 5.56 Å². The first-order chi connectivity index (χ1) is 8.15. The molecular formula is C11H15N5O. The standard InChI is InChI=1S/C11H15N5O/c1-16(2)11(17)15-6-5-14-10-8-13-4-3-9(10)7-12/h3-4,8,14H,5-6H2,1-2H3,(H,15,17). The number of rotatable bonds is 4. The molecule has 6 heteroatoms. The molecule has 2 amide bonds. The summed E-state index contributed by atoms with van der Waals surface area (Å²) in [4.78, 5) is 16.6. The van der Waals surface area contributed by atoms with Crippen molar-refractivity contribution in [2.75, 3.05) is 32.5 Å². The van der Waals surface area contributed by atoms with Crippen LogP contribution in [-0.4, -0.2) is 43.1 Å². The van der Waals surface area contributed by atoms with Crippen LogP contribution in [0.15, 0.2) is 18.5 Å². The van der Waals surface area contributed by atoms with E-state index in [1.54, 1.807) is 32.6 Å². The van der Waals surface area contributed by atoms with Crippen molar-refractivity contribution in [3.8, 4) is 6.07 Å². The summed E-state index contributed by atoms with van der Waals surface area (Å²) in [6, 6.07) is 3.56. The number of urea groups is 1. The van der Waals surface area contributed by atoms with Crippen molar-refractivity contribution in [2.45, 2.75) is 0 Å². The van der Waals surface area contributed by atoms with Crippen LogP contribution >= 0.6 is 0 Å². The van der Waals surface area contributed by atoms with Gasteiger partial charge in [0.2, 0.25) is 0 Å². The van der Waals surface area contributed by atoms with Gasteiger partial charge in [0.25, 0.3) is 0 Å². The molecule has 0 radical (unpaired) electrons. The van der Waals surface area contributed by atoms with Crippen molar-refractivity contribution in [1.29, 1.82) is 5.26 Å². The molecule has 2 N–H and O–H groups in total. The normalized spacial score (nSPS) is 9.24. The largest absolute Gasteiger partial charge is 0.381 e. The Morgan fingerprint density at radius 1 is 1.53 bits per heavy atom. The molecule has 0 aromatic carbocycles. The Labute approximate surface area is 100 Å². The monoisotopic (exact) mass is 233 g/mol. The first-order valence-electron chi connectivity index (χ1n) is 5.18. The maximum Gasteiger partial charge on any atom is 0.316 e. The highest BCUT2D eigenvalue weighted by atomic mass is 16.2. The van der Waals surface area contributed by atoms with Crippen molar-refractivity contribution >= 4 is 11.7 Å². The van der Waals surface area contributed by atoms with E-state index in [2.05, 4.69) is 21.7 Å². The van der Waals surface area contributed by atoms with Crippen LogP contribution < -0.4 is 10.6 Å². The number of pyridine rings is 1. The summed E-state index contributed by atoms with van der Waals surface area (Å²) < 4.78 is 0. The molecule has 17 heavy (non-hydrogen) atoms. The van der Waals surface area contributed by atoms with Crippen LogP contribution in [0, 0.1) is 11.3 Å². The Hall–Kier alpha value is -2.29. The van der Waals surface area contributed by atoms with Gasteiger partial charge in [0.1, 0.15) is 6.07 Å². The molecule has 0 aliphatic rings. The zero-order chi connectivity index (χ0) is 12.7. The van der Waals surface area contributed by atoms with Gasteiger partial charge in [-0.15, -0.1) is 0 Å². The Morgan fingerprint density at radius 2 is 2.29 bits per heavy atom. The van der Waals surface area contributed by atoms with Crippen molar-refractivity contribution in [3.63, 3.8) is 0 Å². The third-order valence-electron chi connectivity index (χ3n) is 2.06. The minimum Gasteiger partial charge on any atom is -0.381 e. The van der Waals surface area contributed by atoms with E-state index in [0.717, 1.165) is 0 Å². The van der Waals surface area contributed by atoms with Gasteiger partial charge in [0.15, 0.2) is 0 Å². The Balaban J connectivity index is 2.37. The molecule has 0 saturated heterocycles. The quantitative estimate of drug-likeness (QED) is 0.748. The van der Waals surface area contributed by atoms with E-state index in [1.165, 1.54) is 4.90 Å². The fourth-order valence-electron chi connectivity index (χ4n) is 1.16. The van der Waals surface area contributed by atoms with Gasteiger partial charge in [-0.25, -0.2) is 4.79 Å². The highest BCUT2D eigenvalue weighted by Gasteiger charge is 2.02. The Bertz CT molecular complexity index is 424. The second kappa shape index (κ2) is 6.33. The second-order valence-electron chi connectivity index (χ2n) is 3.59. The van der Waals surface area contributed by atoms with E-state index in [-0.39, 0.29) is 6.03 Å². The van der Waals surface area contributed by atoms with E-state index in [1.807, 2.05) is 0 Å². The summed E-state index contributed by atoms with van der Waals surface area (Å²) in [7, 11) is 3.36. The highest BCUT2D eigenvalue weighted by Crippen LogP contribution is 2.10. The zero-order valence-corrected chi connectivity index (χ0v) is 9.90. The SMILES string of the molecule is CN(C)C(=O)NCCNc1cnccc1C#N. The van der Waals surface area contributed by atoms with Crippen LogP contribution in [0.5, 0.6) is 0 Å². The van der Waals surface area contributed by atoms with Crippen molar-refractivity contribution in [3.05, 3.63) is 24.0 Å². The number of amides is 2. The molecule has 0 unspecified atom stereocenters. The lowest BCUT2D eigenvalue weighted by molar-refractivity contribution is 0.218. The minimum atomic E-state index is -0.140. The van der Waals surface area contributed by atoms with E-state index in [0.29, 0.717) is 24.3 Å². The fourth-order valence-corrected chi connectivity index (χ4v) is 1.16. The summed E-state index contributed by atoms with van der Waals surface area (Å²) in [5.74, 6) is 0. The molecule has 0 atom stereocenters. The van der Waals surface area contributed by atoms with E-state index >= 15 is 0 Å². The molecule has 90 valence electrons. The van der Waals surface area contributed by atoms with Gasteiger partial charge in [0, 0.05) is 33.4 Å². The summed E-state index contributed by atoms with van der Waals surface area (Å²) in [5.41, 5.74) is 1.22. The first-order valence-corrected chi connectivity index (χ1v) is 5.18. The zero-order valence-electron chi connectivity index (χ0n) is 9.90. The molecule has 0 aliphatic heterocycles. The molecule has 0 fully saturated rings. The summed E-state index contributed by atoms with van der Waals surface area (Å²) in [6.07, 6.45) is 3.16. The first kappa shape index (κ1) is 12.8. The van der Waals surface area contributed by atoms with Gasteiger partial charge >= 0.3 is 6.03 Å². The maximum atomic E-state index is 11.2. The lowest BCUT2D eigenvalue weighted by atomic mass is 10.2. The molecule has 1 aromatic rings. The number of aromatic nitrogens is 1. The molecule has 0 saturated carbocycles. The smallest absolute Gasteiger partial charge is 0.316 e. The van der Waals surface area contributed by atoms with Gasteiger partial charge in [-0.1, -0.05) is 0 Å². The minimum absolute atomic E-state index is 0.140. The van der Waals surface area contributed by atoms with E-state index < -0.39 is 0 Å². The molecule has 0 aliphatic carbocycles. The van der Waals surface area contributed by atoms with Gasteiger partial charge in [-0.05, 0) is 6.07 Å². The second-order valence-corrected chi connectivity index (χ2v) is 3.59. The summed E-state index contributed by atoms with van der Waals surface area (Å²) >= 11 is 0. The number of nitriles is 1. The van der Waals surface area contributed by atoms with E-state index in [4.69, 9.17) is 5.26 Å². The Kier molecular flexibility index (Phi) is 4.76. The van der Waals surface area contributed by atoms with E-state index in [9.17, 15) is 4.79 Å². The molecule has 1 aromatic heterocycles. The van der Waals surface area contributed by atoms with Crippen LogP contribution in [-0.2, 0) is 0 Å². The molecule has 6 nitrogen and oxygen atoms in total. The number of anilines is 1. The van der Waals surface area contributed by atoms with Crippen LogP contribution in [0.2, 0.25) is 0 Å². The summed E-state index contributed by atoms with van der Waals surface area (Å²) in [6.45, 7) is 1.02. The lowest BCUT2D eigenvalue weighted by Gasteiger charge is -2.12. The molecule has 1 rings (SSSR count). The predicted molar refractivity (Wildman–Crippen MR) is 64.5 cm³/mol. The predicted octanol–water partition coefficient (Wildman–Crippen LogP) is 0.636. The number of hydrogen-bond acceptors (Lipinski definition) is 4. The lowest BCUT2D eigenvalue weighted by Crippen LogP contribution is -2.37. The number of hydrogen-bond donors (Lipinski definition) is 2. The number of carbonyl (C=O) groups is 1. The fraction of sp³-hybridized carbons (Fsp3) is 0.364. The van der Waals surface area contributed by atoms with Crippen LogP contribution in [0.3, 0.4) is 0 Å². The van der Waals surface area contributed by atoms with Gasteiger partial charge in [-0.3, -0.25) is 4.98 Å². The van der Waals surface area contributed by atoms with Crippen molar-refractivity contribution in [2.24, 2.45) is 0 Å². The van der Waals surface area contributed by atoms with Gasteiger partial charge < -0.3 is 15.5 Å². The average Bonchev–Trinajstić information content (AvgIpc) is 2.34. The topological polar surface area (TPSA) is 81.1 Å². The summed E-state index contributed by atoms with van der Waals surface area (Å²) in [5, 5.41) is 14.6. The van der Waals surface area contributed by atoms with Crippen molar-refractivity contribution in [1.82, 2.24) is 15.2 Å². The number of carbonyl (C=O) groups excluding carboxylic acids is 1. The van der Waals surface area contributed by atoms with Gasteiger partial charge in [0.05, 0.1) is 17.4 Å². The van der Waals surface area contributed by atoms with Crippen LogP contribution in [0.4, 0.5) is 10.5 Å². The highest BCUT2D eigenvalue weighted by molar-refractivity contribution is 5.73. The third-order valence-corrected chi connectivity index (χ3v) is 2.06. The maximum absolute atomic E-state index is 11.2. The molecule has 0 bridgehead atoms. The number of nitrogens with zero attached hydrogens (tertiary/aromatic N) is 3. The average molecular weight is 233 g/mol. The van der Waals surface area contributed by atoms with Crippen LogP contribution in [0.25, 0.3) is 0 Å². The third kappa shape index (κ3) is 3.99. The van der Waals surface area contributed by atoms with Crippen molar-refractivity contribution < 1.29 is 4.79 Å². The molecular weight excluding hydrogens is 218 g/mol. The van der Waals surface area contributed by atoms with Gasteiger partial charge in [-0.2, -0.15) is 5.26 Å². The Morgan fingerprint density at radius 3 is 2.94 bits per heavy atom.